The Morgan fingerprint density at radius 1 is 1.23 bits per heavy atom. The Hall–Kier alpha value is -3.04. The summed E-state index contributed by atoms with van der Waals surface area (Å²) in [4.78, 5) is 19.5. The van der Waals surface area contributed by atoms with Gasteiger partial charge in [0.2, 0.25) is 5.95 Å². The Bertz CT molecular complexity index is 763. The molecule has 0 saturated carbocycles. The highest BCUT2D eigenvalue weighted by molar-refractivity contribution is 5.68. The van der Waals surface area contributed by atoms with Crippen LogP contribution in [0.15, 0.2) is 24.4 Å². The van der Waals surface area contributed by atoms with Gasteiger partial charge < -0.3 is 19.9 Å². The number of para-hydroxylation sites is 1. The van der Waals surface area contributed by atoms with Gasteiger partial charge in [-0.2, -0.15) is 10.1 Å². The van der Waals surface area contributed by atoms with E-state index in [1.807, 2.05) is 4.90 Å². The molecule has 1 aromatic carbocycles. The summed E-state index contributed by atoms with van der Waals surface area (Å²) in [6.45, 7) is 4.11. The Kier molecular flexibility index (Phi) is 5.40. The van der Waals surface area contributed by atoms with Crippen molar-refractivity contribution in [3.8, 4) is 0 Å². The SMILES string of the molecule is CCOC(=O)N1CCN(c2cnnc(Nc3c(F)cccc3F)n2)CC1. The zero-order chi connectivity index (χ0) is 18.5. The van der Waals surface area contributed by atoms with Crippen LogP contribution in [0.5, 0.6) is 0 Å². The fourth-order valence-corrected chi connectivity index (χ4v) is 2.56. The number of hydrogen-bond acceptors (Lipinski definition) is 7. The van der Waals surface area contributed by atoms with E-state index in [2.05, 4.69) is 20.5 Å². The Morgan fingerprint density at radius 3 is 2.58 bits per heavy atom. The van der Waals surface area contributed by atoms with Crippen LogP contribution in [0.1, 0.15) is 6.92 Å². The van der Waals surface area contributed by atoms with Gasteiger partial charge in [0, 0.05) is 26.2 Å². The van der Waals surface area contributed by atoms with E-state index in [4.69, 9.17) is 4.74 Å². The van der Waals surface area contributed by atoms with Crippen LogP contribution in [0.25, 0.3) is 0 Å². The number of nitrogens with one attached hydrogen (secondary N) is 1. The van der Waals surface area contributed by atoms with Crippen LogP contribution in [-0.4, -0.2) is 59.0 Å². The molecule has 1 saturated heterocycles. The zero-order valence-corrected chi connectivity index (χ0v) is 14.2. The number of carbonyl (C=O) groups is 1. The summed E-state index contributed by atoms with van der Waals surface area (Å²) in [6.07, 6.45) is 1.12. The number of benzene rings is 1. The number of piperazine rings is 1. The smallest absolute Gasteiger partial charge is 0.409 e. The van der Waals surface area contributed by atoms with Crippen molar-refractivity contribution < 1.29 is 18.3 Å². The van der Waals surface area contributed by atoms with E-state index in [9.17, 15) is 13.6 Å². The van der Waals surface area contributed by atoms with Crippen LogP contribution in [0.3, 0.4) is 0 Å². The van der Waals surface area contributed by atoms with Crippen LogP contribution >= 0.6 is 0 Å². The van der Waals surface area contributed by atoms with Crippen LogP contribution < -0.4 is 10.2 Å². The molecular weight excluding hydrogens is 346 g/mol. The number of aromatic nitrogens is 3. The molecule has 0 spiro atoms. The topological polar surface area (TPSA) is 83.5 Å². The lowest BCUT2D eigenvalue weighted by Crippen LogP contribution is -2.49. The van der Waals surface area contributed by atoms with E-state index in [0.29, 0.717) is 38.6 Å². The molecule has 0 unspecified atom stereocenters. The maximum Gasteiger partial charge on any atom is 0.409 e. The summed E-state index contributed by atoms with van der Waals surface area (Å²) >= 11 is 0. The Labute approximate surface area is 148 Å². The van der Waals surface area contributed by atoms with Crippen molar-refractivity contribution in [2.45, 2.75) is 6.92 Å². The number of anilines is 3. The van der Waals surface area contributed by atoms with E-state index in [1.54, 1.807) is 11.8 Å². The first-order valence-corrected chi connectivity index (χ1v) is 8.16. The maximum atomic E-state index is 13.7. The van der Waals surface area contributed by atoms with Crippen LogP contribution in [0.2, 0.25) is 0 Å². The number of carbonyl (C=O) groups excluding carboxylic acids is 1. The van der Waals surface area contributed by atoms with Crippen LogP contribution in [0, 0.1) is 11.6 Å². The first kappa shape index (κ1) is 17.8. The molecule has 2 heterocycles. The van der Waals surface area contributed by atoms with Gasteiger partial charge in [-0.3, -0.25) is 0 Å². The lowest BCUT2D eigenvalue weighted by atomic mass is 10.3. The number of halogens is 2. The molecule has 1 amide bonds. The molecule has 0 aliphatic carbocycles. The van der Waals surface area contributed by atoms with Crippen molar-refractivity contribution >= 4 is 23.5 Å². The molecule has 1 fully saturated rings. The third-order valence-electron chi connectivity index (χ3n) is 3.88. The second-order valence-electron chi connectivity index (χ2n) is 5.53. The van der Waals surface area contributed by atoms with Crippen molar-refractivity contribution in [1.82, 2.24) is 20.1 Å². The van der Waals surface area contributed by atoms with Crippen molar-refractivity contribution in [2.75, 3.05) is 43.0 Å². The van der Waals surface area contributed by atoms with E-state index in [1.165, 1.54) is 12.3 Å². The molecule has 3 rings (SSSR count). The summed E-state index contributed by atoms with van der Waals surface area (Å²) in [5.41, 5.74) is -0.335. The maximum absolute atomic E-state index is 13.7. The molecule has 0 bridgehead atoms. The lowest BCUT2D eigenvalue weighted by molar-refractivity contribution is 0.105. The minimum absolute atomic E-state index is 0.0145. The average molecular weight is 364 g/mol. The molecular formula is C16H18F2N6O2. The van der Waals surface area contributed by atoms with Gasteiger partial charge in [0.25, 0.3) is 0 Å². The Morgan fingerprint density at radius 2 is 1.92 bits per heavy atom. The fourth-order valence-electron chi connectivity index (χ4n) is 2.56. The van der Waals surface area contributed by atoms with Crippen LogP contribution in [0.4, 0.5) is 31.0 Å². The number of ether oxygens (including phenoxy) is 1. The summed E-state index contributed by atoms with van der Waals surface area (Å²) in [7, 11) is 0. The molecule has 1 N–H and O–H groups in total. The van der Waals surface area contributed by atoms with Crippen molar-refractivity contribution in [3.05, 3.63) is 36.0 Å². The molecule has 0 atom stereocenters. The van der Waals surface area contributed by atoms with Gasteiger partial charge in [0.15, 0.2) is 5.82 Å². The standard InChI is InChI=1S/C16H18F2N6O2/c1-2-26-16(25)24-8-6-23(7-9-24)13-10-19-22-15(20-13)21-14-11(17)4-3-5-12(14)18/h3-5,10H,2,6-9H2,1H3,(H,20,21,22). The van der Waals surface area contributed by atoms with Gasteiger partial charge in [-0.1, -0.05) is 6.07 Å². The number of amides is 1. The van der Waals surface area contributed by atoms with E-state index < -0.39 is 11.6 Å². The van der Waals surface area contributed by atoms with E-state index >= 15 is 0 Å². The molecule has 1 aliphatic heterocycles. The molecule has 138 valence electrons. The average Bonchev–Trinajstić information content (AvgIpc) is 2.65. The quantitative estimate of drug-likeness (QED) is 0.890. The third kappa shape index (κ3) is 3.95. The number of hydrogen-bond donors (Lipinski definition) is 1. The normalized spacial score (nSPS) is 14.3. The third-order valence-corrected chi connectivity index (χ3v) is 3.88. The van der Waals surface area contributed by atoms with Crippen molar-refractivity contribution in [3.63, 3.8) is 0 Å². The summed E-state index contributed by atoms with van der Waals surface area (Å²) < 4.78 is 32.4. The van der Waals surface area contributed by atoms with Crippen molar-refractivity contribution in [1.29, 1.82) is 0 Å². The highest BCUT2D eigenvalue weighted by Gasteiger charge is 2.23. The van der Waals surface area contributed by atoms with Gasteiger partial charge in [-0.05, 0) is 19.1 Å². The molecule has 10 heteroatoms. The second kappa shape index (κ2) is 7.89. The van der Waals surface area contributed by atoms with Crippen molar-refractivity contribution in [2.24, 2.45) is 0 Å². The number of nitrogens with zero attached hydrogens (tertiary/aromatic N) is 5. The molecule has 2 aromatic rings. The Balaban J connectivity index is 1.68. The lowest BCUT2D eigenvalue weighted by Gasteiger charge is -2.34. The molecule has 1 aromatic heterocycles. The minimum atomic E-state index is -0.748. The van der Waals surface area contributed by atoms with Gasteiger partial charge in [0.05, 0.1) is 12.8 Å². The summed E-state index contributed by atoms with van der Waals surface area (Å²) in [6, 6.07) is 3.54. The first-order chi connectivity index (χ1) is 12.6. The highest BCUT2D eigenvalue weighted by atomic mass is 19.1. The fraction of sp³-hybridized carbons (Fsp3) is 0.375. The van der Waals surface area contributed by atoms with Crippen LogP contribution in [-0.2, 0) is 4.74 Å². The molecule has 26 heavy (non-hydrogen) atoms. The van der Waals surface area contributed by atoms with Gasteiger partial charge in [0.1, 0.15) is 17.3 Å². The second-order valence-corrected chi connectivity index (χ2v) is 5.53. The molecule has 0 radical (unpaired) electrons. The monoisotopic (exact) mass is 364 g/mol. The summed E-state index contributed by atoms with van der Waals surface area (Å²) in [5.74, 6) is -1.01. The minimum Gasteiger partial charge on any atom is -0.450 e. The van der Waals surface area contributed by atoms with Gasteiger partial charge in [-0.25, -0.2) is 13.6 Å². The van der Waals surface area contributed by atoms with Gasteiger partial charge >= 0.3 is 6.09 Å². The largest absolute Gasteiger partial charge is 0.450 e. The molecule has 1 aliphatic rings. The predicted molar refractivity (Wildman–Crippen MR) is 90.3 cm³/mol. The van der Waals surface area contributed by atoms with E-state index in [-0.39, 0.29) is 17.7 Å². The highest BCUT2D eigenvalue weighted by Crippen LogP contribution is 2.22. The van der Waals surface area contributed by atoms with Gasteiger partial charge in [-0.15, -0.1) is 5.10 Å². The predicted octanol–water partition coefficient (Wildman–Crippen LogP) is 2.17. The first-order valence-electron chi connectivity index (χ1n) is 8.16. The number of rotatable bonds is 4. The van der Waals surface area contributed by atoms with E-state index in [0.717, 1.165) is 12.1 Å². The zero-order valence-electron chi connectivity index (χ0n) is 14.2. The summed E-state index contributed by atoms with van der Waals surface area (Å²) in [5, 5.41) is 10.1. The molecule has 8 nitrogen and oxygen atoms in total.